The van der Waals surface area contributed by atoms with Crippen LogP contribution in [-0.2, 0) is 0 Å². The molecule has 0 saturated heterocycles. The van der Waals surface area contributed by atoms with Crippen LogP contribution in [0, 0.1) is 0 Å². The summed E-state index contributed by atoms with van der Waals surface area (Å²) < 4.78 is 2.56. The third-order valence-corrected chi connectivity index (χ3v) is 23.2. The van der Waals surface area contributed by atoms with Crippen molar-refractivity contribution >= 4 is 104 Å². The van der Waals surface area contributed by atoms with Crippen LogP contribution in [-0.4, -0.2) is 73.6 Å². The first-order chi connectivity index (χ1) is 34.3. The Bertz CT molecular complexity index is 2560. The van der Waals surface area contributed by atoms with Gasteiger partial charge in [-0.1, -0.05) is 206 Å². The van der Waals surface area contributed by atoms with Crippen LogP contribution in [0.3, 0.4) is 0 Å². The lowest BCUT2D eigenvalue weighted by molar-refractivity contribution is -0.921. The molecule has 70 heavy (non-hydrogen) atoms. The van der Waals surface area contributed by atoms with Crippen molar-refractivity contribution in [3.8, 4) is 0 Å². The smallest absolute Gasteiger partial charge is 0.110 e. The van der Waals surface area contributed by atoms with Crippen LogP contribution in [0.15, 0.2) is 206 Å². The van der Waals surface area contributed by atoms with E-state index >= 15 is 0 Å². The van der Waals surface area contributed by atoms with Gasteiger partial charge in [0, 0.05) is 0 Å². The predicted molar refractivity (Wildman–Crippen MR) is 317 cm³/mol. The lowest BCUT2D eigenvalue weighted by Crippen LogP contribution is -2.86. The number of quaternary nitrogens is 2. The fraction of sp³-hybridized carbons (Fsp3) is 0.250. The van der Waals surface area contributed by atoms with E-state index in [9.17, 15) is 0 Å². The molecule has 8 aromatic rings. The van der Waals surface area contributed by atoms with Crippen molar-refractivity contribution in [3.05, 3.63) is 206 Å². The molecular formula is C64H74B2N2P2. The average molecular weight is 955 g/mol. The first-order valence-electron chi connectivity index (χ1n) is 26.6. The van der Waals surface area contributed by atoms with E-state index in [0.717, 1.165) is 0 Å². The van der Waals surface area contributed by atoms with E-state index in [0.29, 0.717) is 0 Å². The van der Waals surface area contributed by atoms with Crippen LogP contribution < -0.4 is 75.5 Å². The number of nitrogens with zero attached hydrogens (tertiary/aromatic N) is 2. The van der Waals surface area contributed by atoms with E-state index in [-0.39, 0.29) is 0 Å². The molecule has 4 bridgehead atoms. The van der Waals surface area contributed by atoms with Gasteiger partial charge in [0.05, 0.1) is 52.4 Å². The third kappa shape index (κ3) is 7.99. The van der Waals surface area contributed by atoms with Crippen molar-refractivity contribution in [3.63, 3.8) is 0 Å². The van der Waals surface area contributed by atoms with Gasteiger partial charge in [0.1, 0.15) is 12.3 Å². The van der Waals surface area contributed by atoms with E-state index < -0.39 is 28.1 Å². The van der Waals surface area contributed by atoms with Crippen molar-refractivity contribution in [2.45, 2.75) is 55.4 Å². The molecule has 0 fully saturated rings. The fourth-order valence-electron chi connectivity index (χ4n) is 13.4. The summed E-state index contributed by atoms with van der Waals surface area (Å²) >= 11 is 0. The van der Waals surface area contributed by atoms with Crippen LogP contribution in [0.1, 0.15) is 55.4 Å². The van der Waals surface area contributed by atoms with Crippen LogP contribution in [0.2, 0.25) is 0 Å². The number of hydrogen-bond donors (Lipinski definition) is 0. The van der Waals surface area contributed by atoms with Crippen molar-refractivity contribution in [1.29, 1.82) is 0 Å². The molecule has 6 heterocycles. The highest BCUT2D eigenvalue weighted by Gasteiger charge is 2.48. The lowest BCUT2D eigenvalue weighted by atomic mass is 9.12. The van der Waals surface area contributed by atoms with Gasteiger partial charge >= 0.3 is 0 Å². The zero-order valence-corrected chi connectivity index (χ0v) is 45.0. The van der Waals surface area contributed by atoms with Gasteiger partial charge in [0.2, 0.25) is 0 Å². The molecule has 0 saturated carbocycles. The lowest BCUT2D eigenvalue weighted by Gasteiger charge is -2.57. The Morgan fingerprint density at radius 3 is 0.586 bits per heavy atom. The third-order valence-electron chi connectivity index (χ3n) is 17.8. The van der Waals surface area contributed by atoms with Crippen LogP contribution in [0.5, 0.6) is 0 Å². The molecule has 6 aliphatic rings. The van der Waals surface area contributed by atoms with E-state index in [1.54, 1.807) is 31.8 Å². The summed E-state index contributed by atoms with van der Waals surface area (Å²) in [6.45, 7) is 28.4. The summed E-state index contributed by atoms with van der Waals surface area (Å²) in [5, 5.41) is 9.27. The van der Waals surface area contributed by atoms with Gasteiger partial charge in [-0.2, -0.15) is 43.7 Å². The van der Waals surface area contributed by atoms with Gasteiger partial charge in [0.15, 0.2) is 0 Å². The molecule has 356 valence electrons. The molecule has 0 spiro atoms. The summed E-state index contributed by atoms with van der Waals surface area (Å²) in [5.74, 6) is 0. The minimum Gasteiger partial charge on any atom is -0.325 e. The van der Waals surface area contributed by atoms with Crippen molar-refractivity contribution < 1.29 is 8.97 Å². The minimum atomic E-state index is -1.11. The van der Waals surface area contributed by atoms with Gasteiger partial charge < -0.3 is 8.97 Å². The Kier molecular flexibility index (Phi) is 15.0. The maximum absolute atomic E-state index is 2.38. The Labute approximate surface area is 424 Å². The number of benzene rings is 8. The van der Waals surface area contributed by atoms with E-state index in [1.807, 2.05) is 0 Å². The van der Waals surface area contributed by atoms with Gasteiger partial charge in [-0.25, -0.2) is 0 Å². The van der Waals surface area contributed by atoms with Gasteiger partial charge in [-0.15, -0.1) is 0 Å². The highest BCUT2D eigenvalue weighted by atomic mass is 31.1. The fourth-order valence-corrected chi connectivity index (χ4v) is 19.5. The highest BCUT2D eigenvalue weighted by Crippen LogP contribution is 2.40. The first-order valence-corrected chi connectivity index (χ1v) is 29.3. The minimum absolute atomic E-state index is 0.458. The second-order valence-corrected chi connectivity index (χ2v) is 24.0. The second-order valence-electron chi connectivity index (χ2n) is 19.8. The second kappa shape index (κ2) is 21.2. The van der Waals surface area contributed by atoms with E-state index in [4.69, 9.17) is 0 Å². The zero-order chi connectivity index (χ0) is 48.9. The first kappa shape index (κ1) is 49.6. The highest BCUT2D eigenvalue weighted by molar-refractivity contribution is 7.84. The van der Waals surface area contributed by atoms with E-state index in [1.165, 1.54) is 105 Å². The molecule has 0 unspecified atom stereocenters. The summed E-state index contributed by atoms with van der Waals surface area (Å²) in [5.41, 5.74) is 12.0. The van der Waals surface area contributed by atoms with E-state index in [2.05, 4.69) is 262 Å². The van der Waals surface area contributed by atoms with Gasteiger partial charge in [-0.05, 0) is 103 Å². The molecule has 0 atom stereocenters. The molecule has 8 aromatic carbocycles. The van der Waals surface area contributed by atoms with Crippen LogP contribution in [0.25, 0.3) is 0 Å². The Hall–Kier alpha value is -5.33. The molecule has 0 amide bonds. The Balaban J connectivity index is 0.000000130. The maximum Gasteiger partial charge on any atom is 0.110 e. The molecule has 6 heteroatoms. The van der Waals surface area contributed by atoms with Crippen LogP contribution >= 0.6 is 15.8 Å². The van der Waals surface area contributed by atoms with Crippen molar-refractivity contribution in [1.82, 2.24) is 0 Å². The number of rotatable bonds is 10. The van der Waals surface area contributed by atoms with Crippen molar-refractivity contribution in [2.24, 2.45) is 0 Å². The predicted octanol–water partition coefficient (Wildman–Crippen LogP) is 6.66. The Morgan fingerprint density at radius 2 is 0.414 bits per heavy atom. The van der Waals surface area contributed by atoms with Crippen molar-refractivity contribution in [2.75, 3.05) is 52.4 Å². The topological polar surface area (TPSA) is 0 Å². The largest absolute Gasteiger partial charge is 0.325 e. The molecule has 0 aromatic heterocycles. The maximum atomic E-state index is 2.38. The normalized spacial score (nSPS) is 19.1. The monoisotopic (exact) mass is 955 g/mol. The standard InChI is InChI=1S/2C24H17BP.2C8H20N/c2*1-2-10-18(11-3-1)25-19-12-4-7-15-22(19)26(23-16-8-5-13-20(23)25)24-17-9-6-14-21(24)25;2*1-5-9(6-2,7-3)8-4/h2*1-17H;2*5-8H2,1-4H3/q2*-1;2*+1. The average Bonchev–Trinajstić information content (AvgIpc) is 3.45. The Morgan fingerprint density at radius 1 is 0.243 bits per heavy atom. The molecular weight excluding hydrogens is 880 g/mol. The quantitative estimate of drug-likeness (QED) is 0.0819. The van der Waals surface area contributed by atoms with Gasteiger partial charge in [0.25, 0.3) is 0 Å². The molecule has 0 N–H and O–H groups in total. The summed E-state index contributed by atoms with van der Waals surface area (Å²) in [6.07, 6.45) is -2.22. The zero-order valence-electron chi connectivity index (χ0n) is 43.2. The molecule has 2 nitrogen and oxygen atoms in total. The SMILES string of the molecule is CC[N+](CC)(CC)CC.CC[N+](CC)(CC)CC.c1ccc([B-]23c4ccccc4P(c4ccccc42)c2ccccc23)cc1.c1ccc([B-]23c4ccccc4P(c4ccccc42)c2ccccc23)cc1. The van der Waals surface area contributed by atoms with Crippen LogP contribution in [0.4, 0.5) is 0 Å². The van der Waals surface area contributed by atoms with Gasteiger partial charge in [-0.3, -0.25) is 0 Å². The summed E-state index contributed by atoms with van der Waals surface area (Å²) in [7, 11) is -0.915. The summed E-state index contributed by atoms with van der Waals surface area (Å²) in [4.78, 5) is 0. The molecule has 14 rings (SSSR count). The molecule has 6 aliphatic heterocycles. The summed E-state index contributed by atoms with van der Waals surface area (Å²) in [6, 6.07) is 77.3. The number of hydrogen-bond acceptors (Lipinski definition) is 0. The molecule has 0 radical (unpaired) electrons. The molecule has 0 aliphatic carbocycles.